The monoisotopic (exact) mass is 613 g/mol. The van der Waals surface area contributed by atoms with Gasteiger partial charge in [0, 0.05) is 37.6 Å². The molecule has 0 spiro atoms. The first-order valence-corrected chi connectivity index (χ1v) is 14.5. The van der Waals surface area contributed by atoms with Crippen LogP contribution in [0.2, 0.25) is 0 Å². The van der Waals surface area contributed by atoms with Crippen LogP contribution in [0.1, 0.15) is 37.8 Å². The number of alkyl halides is 3. The number of pyridine rings is 1. The quantitative estimate of drug-likeness (QED) is 0.217. The second kappa shape index (κ2) is 15.9. The average Bonchev–Trinajstić information content (AvgIpc) is 2.99. The minimum Gasteiger partial charge on any atom is -0.466 e. The Morgan fingerprint density at radius 1 is 1.18 bits per heavy atom. The minimum absolute atomic E-state index is 0.111. The number of hydrogen-bond acceptors (Lipinski definition) is 8. The van der Waals surface area contributed by atoms with Crippen molar-refractivity contribution >= 4 is 34.9 Å². The van der Waals surface area contributed by atoms with E-state index in [9.17, 15) is 18.0 Å². The molecule has 3 rings (SSSR count). The van der Waals surface area contributed by atoms with Crippen LogP contribution in [0.15, 0.2) is 65.8 Å². The Bertz CT molecular complexity index is 1390. The Balaban J connectivity index is 1.97. The SMILES string of the molecule is C=CC(=O)Nc1cc(NC2N=CC=C(/C(=C/C)c3ccccc3CCCC)N2)c(OCC(F)(F)F)nc1N(C)CCN(C)C. The van der Waals surface area contributed by atoms with Gasteiger partial charge in [-0.15, -0.1) is 0 Å². The van der Waals surface area contributed by atoms with Gasteiger partial charge in [0.1, 0.15) is 5.69 Å². The van der Waals surface area contributed by atoms with Crippen molar-refractivity contribution in [1.82, 2.24) is 15.2 Å². The third-order valence-electron chi connectivity index (χ3n) is 6.77. The van der Waals surface area contributed by atoms with E-state index in [0.29, 0.717) is 13.1 Å². The van der Waals surface area contributed by atoms with Crippen LogP contribution in [-0.2, 0) is 11.2 Å². The highest BCUT2D eigenvalue weighted by Crippen LogP contribution is 2.35. The summed E-state index contributed by atoms with van der Waals surface area (Å²) < 4.78 is 44.9. The summed E-state index contributed by atoms with van der Waals surface area (Å²) in [6.07, 6.45) is 4.31. The van der Waals surface area contributed by atoms with Gasteiger partial charge in [-0.1, -0.05) is 50.3 Å². The maximum Gasteiger partial charge on any atom is 0.422 e. The maximum absolute atomic E-state index is 13.2. The van der Waals surface area contributed by atoms with Crippen LogP contribution in [-0.4, -0.2) is 75.3 Å². The molecule has 2 heterocycles. The van der Waals surface area contributed by atoms with Gasteiger partial charge >= 0.3 is 6.18 Å². The Morgan fingerprint density at radius 3 is 2.59 bits per heavy atom. The van der Waals surface area contributed by atoms with E-state index in [-0.39, 0.29) is 23.1 Å². The summed E-state index contributed by atoms with van der Waals surface area (Å²) in [4.78, 5) is 24.9. The molecule has 1 aliphatic heterocycles. The van der Waals surface area contributed by atoms with E-state index in [1.54, 1.807) is 18.2 Å². The number of nitrogens with one attached hydrogen (secondary N) is 3. The molecule has 0 saturated heterocycles. The molecule has 238 valence electrons. The van der Waals surface area contributed by atoms with Gasteiger partial charge in [0.05, 0.1) is 5.69 Å². The lowest BCUT2D eigenvalue weighted by Gasteiger charge is -2.28. The second-order valence-electron chi connectivity index (χ2n) is 10.6. The molecule has 9 nitrogen and oxygen atoms in total. The number of carbonyl (C=O) groups is 1. The molecule has 1 aromatic carbocycles. The first-order chi connectivity index (χ1) is 20.9. The lowest BCUT2D eigenvalue weighted by Crippen LogP contribution is -2.37. The molecule has 2 aromatic rings. The first-order valence-electron chi connectivity index (χ1n) is 14.5. The van der Waals surface area contributed by atoms with Crippen molar-refractivity contribution in [3.05, 3.63) is 72.0 Å². The maximum atomic E-state index is 13.2. The number of allylic oxidation sites excluding steroid dienone is 3. The van der Waals surface area contributed by atoms with Gasteiger partial charge in [-0.25, -0.2) is 4.99 Å². The fourth-order valence-corrected chi connectivity index (χ4v) is 4.52. The van der Waals surface area contributed by atoms with Crippen molar-refractivity contribution in [2.24, 2.45) is 4.99 Å². The molecule has 0 saturated carbocycles. The van der Waals surface area contributed by atoms with Gasteiger partial charge in [0.15, 0.2) is 18.7 Å². The second-order valence-corrected chi connectivity index (χ2v) is 10.6. The van der Waals surface area contributed by atoms with Crippen LogP contribution in [0.5, 0.6) is 5.88 Å². The molecule has 0 radical (unpaired) electrons. The highest BCUT2D eigenvalue weighted by molar-refractivity contribution is 6.01. The number of unbranched alkanes of at least 4 members (excludes halogenated alkanes) is 1. The molecule has 0 aliphatic carbocycles. The summed E-state index contributed by atoms with van der Waals surface area (Å²) in [6, 6.07) is 9.70. The number of amides is 1. The van der Waals surface area contributed by atoms with E-state index < -0.39 is 25.0 Å². The Morgan fingerprint density at radius 2 is 1.93 bits per heavy atom. The fraction of sp³-hybridized carbons (Fsp3) is 0.406. The molecule has 3 N–H and O–H groups in total. The van der Waals surface area contributed by atoms with Crippen LogP contribution < -0.4 is 25.6 Å². The van der Waals surface area contributed by atoms with Crippen molar-refractivity contribution in [1.29, 1.82) is 0 Å². The third kappa shape index (κ3) is 9.87. The number of benzene rings is 1. The van der Waals surface area contributed by atoms with Crippen molar-refractivity contribution in [3.8, 4) is 5.88 Å². The number of ether oxygens (including phenoxy) is 1. The molecule has 44 heavy (non-hydrogen) atoms. The molecular weight excluding hydrogens is 571 g/mol. The van der Waals surface area contributed by atoms with Gasteiger partial charge < -0.3 is 30.5 Å². The molecule has 0 fully saturated rings. The van der Waals surface area contributed by atoms with Crippen LogP contribution in [0.4, 0.5) is 30.4 Å². The molecule has 1 aliphatic rings. The normalized spacial score (nSPS) is 15.0. The minimum atomic E-state index is -4.59. The van der Waals surface area contributed by atoms with E-state index in [1.165, 1.54) is 11.6 Å². The van der Waals surface area contributed by atoms with Gasteiger partial charge in [-0.05, 0) is 63.2 Å². The molecule has 1 aromatic heterocycles. The van der Waals surface area contributed by atoms with Crippen molar-refractivity contribution in [2.75, 3.05) is 56.4 Å². The van der Waals surface area contributed by atoms with Crippen molar-refractivity contribution in [2.45, 2.75) is 45.6 Å². The topological polar surface area (TPSA) is 94.1 Å². The number of carbonyl (C=O) groups excluding carboxylic acids is 1. The molecule has 0 bridgehead atoms. The summed E-state index contributed by atoms with van der Waals surface area (Å²) in [5, 5.41) is 9.16. The largest absolute Gasteiger partial charge is 0.466 e. The molecule has 1 amide bonds. The lowest BCUT2D eigenvalue weighted by molar-refractivity contribution is -0.153. The molecule has 1 unspecified atom stereocenters. The lowest BCUT2D eigenvalue weighted by atomic mass is 9.93. The van der Waals surface area contributed by atoms with E-state index in [0.717, 1.165) is 42.2 Å². The molecule has 12 heteroatoms. The number of rotatable bonds is 15. The van der Waals surface area contributed by atoms with Gasteiger partial charge in [-0.3, -0.25) is 4.79 Å². The highest BCUT2D eigenvalue weighted by Gasteiger charge is 2.30. The number of likely N-dealkylation sites (N-methyl/N-ethyl adjacent to an activating group) is 2. The predicted octanol–water partition coefficient (Wildman–Crippen LogP) is 5.84. The number of hydrogen-bond donors (Lipinski definition) is 3. The Kier molecular flexibility index (Phi) is 12.4. The molecule has 1 atom stereocenters. The number of aliphatic imine (C=N–C) groups is 1. The first kappa shape index (κ1) is 34.2. The zero-order valence-electron chi connectivity index (χ0n) is 26.0. The zero-order chi connectivity index (χ0) is 32.3. The number of aryl methyl sites for hydroxylation is 1. The number of nitrogens with zero attached hydrogens (tertiary/aromatic N) is 4. The van der Waals surface area contributed by atoms with Crippen LogP contribution >= 0.6 is 0 Å². The number of aromatic nitrogens is 1. The summed E-state index contributed by atoms with van der Waals surface area (Å²) in [6.45, 7) is 7.19. The third-order valence-corrected chi connectivity index (χ3v) is 6.77. The van der Waals surface area contributed by atoms with E-state index >= 15 is 0 Å². The summed E-state index contributed by atoms with van der Waals surface area (Å²) in [5.74, 6) is -0.539. The van der Waals surface area contributed by atoms with Crippen molar-refractivity contribution in [3.63, 3.8) is 0 Å². The van der Waals surface area contributed by atoms with Gasteiger partial charge in [0.25, 0.3) is 0 Å². The van der Waals surface area contributed by atoms with E-state index in [1.807, 2.05) is 50.2 Å². The fourth-order valence-electron chi connectivity index (χ4n) is 4.52. The zero-order valence-corrected chi connectivity index (χ0v) is 26.0. The van der Waals surface area contributed by atoms with Crippen molar-refractivity contribution < 1.29 is 22.7 Å². The van der Waals surface area contributed by atoms with Gasteiger partial charge in [0.2, 0.25) is 11.8 Å². The Labute approximate surface area is 257 Å². The Hall–Kier alpha value is -4.32. The standard InChI is InChI=1S/C32H42F3N7O2/c1-7-10-13-22-14-11-12-15-24(22)23(8-2)25-16-17-36-31(38-25)39-27-20-26(37-28(43)9-3)29(42(6)19-18-41(4)5)40-30(27)44-21-32(33,34)35/h8-9,11-12,14-17,20,31,38-39H,3,7,10,13,18-19,21H2,1-2,4-6H3,(H,37,43)/b23-8+. The highest BCUT2D eigenvalue weighted by atomic mass is 19.4. The summed E-state index contributed by atoms with van der Waals surface area (Å²) in [7, 11) is 5.53. The van der Waals surface area contributed by atoms with Crippen LogP contribution in [0, 0.1) is 0 Å². The van der Waals surface area contributed by atoms with Gasteiger partial charge in [-0.2, -0.15) is 18.2 Å². The summed E-state index contributed by atoms with van der Waals surface area (Å²) >= 11 is 0. The predicted molar refractivity (Wildman–Crippen MR) is 172 cm³/mol. The number of halogens is 3. The summed E-state index contributed by atoms with van der Waals surface area (Å²) in [5.41, 5.74) is 4.45. The average molecular weight is 614 g/mol. The smallest absolute Gasteiger partial charge is 0.422 e. The number of anilines is 3. The van der Waals surface area contributed by atoms with Crippen LogP contribution in [0.25, 0.3) is 5.57 Å². The molecular formula is C32H42F3N7O2. The van der Waals surface area contributed by atoms with Crippen LogP contribution in [0.3, 0.4) is 0 Å². The van der Waals surface area contributed by atoms with E-state index in [4.69, 9.17) is 4.74 Å². The van der Waals surface area contributed by atoms with E-state index in [2.05, 4.69) is 51.6 Å².